The summed E-state index contributed by atoms with van der Waals surface area (Å²) in [4.78, 5) is 4.04. The van der Waals surface area contributed by atoms with Crippen molar-refractivity contribution >= 4 is 6.21 Å². The number of nitrogens with zero attached hydrogens (tertiary/aromatic N) is 1. The average molecular weight is 298 g/mol. The molecule has 0 radical (unpaired) electrons. The molecule has 22 heavy (non-hydrogen) atoms. The van der Waals surface area contributed by atoms with Crippen molar-refractivity contribution in [1.82, 2.24) is 0 Å². The Morgan fingerprint density at radius 3 is 2.86 bits per heavy atom. The maximum Gasteiger partial charge on any atom is 1.00 e. The molecule has 1 nitrogen and oxygen atoms in total. The Kier molecular flexibility index (Phi) is 5.61. The summed E-state index contributed by atoms with van der Waals surface area (Å²) in [5.41, 5.74) is 4.89. The number of allylic oxidation sites excluding steroid dienone is 8. The molecule has 0 aromatic heterocycles. The van der Waals surface area contributed by atoms with Gasteiger partial charge in [-0.1, -0.05) is 50.6 Å². The summed E-state index contributed by atoms with van der Waals surface area (Å²) < 4.78 is 0. The average Bonchev–Trinajstić information content (AvgIpc) is 2.92. The van der Waals surface area contributed by atoms with E-state index in [1.165, 1.54) is 24.8 Å². The molecule has 0 saturated heterocycles. The first kappa shape index (κ1) is 17.0. The summed E-state index contributed by atoms with van der Waals surface area (Å²) >= 11 is 0. The van der Waals surface area contributed by atoms with Crippen molar-refractivity contribution in [2.24, 2.45) is 22.2 Å². The molecule has 0 spiro atoms. The van der Waals surface area contributed by atoms with E-state index in [-0.39, 0.29) is 1.43 Å². The Bertz CT molecular complexity index is 546. The molecule has 120 valence electrons. The fraction of sp³-hybridized carbons (Fsp3) is 0.571. The van der Waals surface area contributed by atoms with Crippen LogP contribution < -0.4 is 0 Å². The van der Waals surface area contributed by atoms with Crippen molar-refractivity contribution in [2.75, 3.05) is 7.05 Å². The summed E-state index contributed by atoms with van der Waals surface area (Å²) in [5.74, 6) is 1.21. The molecule has 0 bridgehead atoms. The van der Waals surface area contributed by atoms with Gasteiger partial charge in [0.25, 0.3) is 0 Å². The third kappa shape index (κ3) is 4.09. The van der Waals surface area contributed by atoms with Crippen LogP contribution in [0.3, 0.4) is 0 Å². The van der Waals surface area contributed by atoms with E-state index in [0.29, 0.717) is 17.3 Å². The van der Waals surface area contributed by atoms with Crippen LogP contribution in [0.25, 0.3) is 0 Å². The zero-order chi connectivity index (χ0) is 16.2. The summed E-state index contributed by atoms with van der Waals surface area (Å²) in [6.07, 6.45) is 18.5. The SMILES string of the molecule is CN=C/C=C1/C=CC(C(C)/C=C/C2=C(C)CCCC2(C)C)C1.[H+]. The highest BCUT2D eigenvalue weighted by atomic mass is 14.6. The second-order valence-corrected chi connectivity index (χ2v) is 7.53. The predicted molar refractivity (Wildman–Crippen MR) is 99.5 cm³/mol. The van der Waals surface area contributed by atoms with Crippen molar-refractivity contribution in [3.63, 3.8) is 0 Å². The van der Waals surface area contributed by atoms with Crippen molar-refractivity contribution in [3.05, 3.63) is 47.1 Å². The molecular formula is C21H32N+. The molecule has 0 aromatic rings. The van der Waals surface area contributed by atoms with Gasteiger partial charge in [-0.05, 0) is 67.1 Å². The summed E-state index contributed by atoms with van der Waals surface area (Å²) in [5, 5.41) is 0. The molecule has 2 unspecified atom stereocenters. The minimum absolute atomic E-state index is 0. The van der Waals surface area contributed by atoms with E-state index in [1.807, 2.05) is 13.3 Å². The highest BCUT2D eigenvalue weighted by Crippen LogP contribution is 2.41. The van der Waals surface area contributed by atoms with Gasteiger partial charge in [0.05, 0.1) is 0 Å². The van der Waals surface area contributed by atoms with Crippen LogP contribution in [0.4, 0.5) is 0 Å². The van der Waals surface area contributed by atoms with Gasteiger partial charge in [0, 0.05) is 13.3 Å². The maximum absolute atomic E-state index is 4.04. The number of hydrogen-bond donors (Lipinski definition) is 0. The van der Waals surface area contributed by atoms with Crippen LogP contribution in [0.15, 0.2) is 52.1 Å². The first-order valence-corrected chi connectivity index (χ1v) is 8.62. The lowest BCUT2D eigenvalue weighted by Gasteiger charge is -2.33. The molecule has 0 aromatic carbocycles. The minimum Gasteiger partial charge on any atom is -0.297 e. The largest absolute Gasteiger partial charge is 1.00 e. The van der Waals surface area contributed by atoms with Crippen LogP contribution in [0.1, 0.15) is 54.8 Å². The van der Waals surface area contributed by atoms with Crippen molar-refractivity contribution < 1.29 is 1.43 Å². The minimum atomic E-state index is 0. The van der Waals surface area contributed by atoms with Gasteiger partial charge >= 0.3 is 1.43 Å². The van der Waals surface area contributed by atoms with Crippen LogP contribution in [-0.2, 0) is 0 Å². The van der Waals surface area contributed by atoms with Crippen molar-refractivity contribution in [1.29, 1.82) is 0 Å². The van der Waals surface area contributed by atoms with Gasteiger partial charge in [-0.15, -0.1) is 0 Å². The molecule has 0 amide bonds. The van der Waals surface area contributed by atoms with Crippen LogP contribution in [0.5, 0.6) is 0 Å². The van der Waals surface area contributed by atoms with Gasteiger partial charge < -0.3 is 0 Å². The van der Waals surface area contributed by atoms with Gasteiger partial charge in [-0.25, -0.2) is 0 Å². The predicted octanol–water partition coefficient (Wildman–Crippen LogP) is 6.02. The summed E-state index contributed by atoms with van der Waals surface area (Å²) in [6, 6.07) is 0. The Morgan fingerprint density at radius 2 is 2.18 bits per heavy atom. The molecule has 2 aliphatic carbocycles. The number of hydrogen-bond acceptors (Lipinski definition) is 1. The van der Waals surface area contributed by atoms with Crippen LogP contribution in [-0.4, -0.2) is 13.3 Å². The molecular weight excluding hydrogens is 266 g/mol. The molecule has 2 atom stereocenters. The van der Waals surface area contributed by atoms with E-state index < -0.39 is 0 Å². The van der Waals surface area contributed by atoms with Crippen molar-refractivity contribution in [2.45, 2.75) is 53.4 Å². The third-order valence-corrected chi connectivity index (χ3v) is 5.25. The first-order chi connectivity index (χ1) is 10.4. The quantitative estimate of drug-likeness (QED) is 0.563. The molecule has 0 N–H and O–H groups in total. The van der Waals surface area contributed by atoms with Gasteiger partial charge in [0.15, 0.2) is 0 Å². The molecule has 1 heteroatoms. The van der Waals surface area contributed by atoms with E-state index in [2.05, 4.69) is 63.1 Å². The molecule has 2 rings (SSSR count). The second kappa shape index (κ2) is 7.26. The van der Waals surface area contributed by atoms with Gasteiger partial charge in [-0.3, -0.25) is 4.99 Å². The maximum atomic E-state index is 4.04. The lowest BCUT2D eigenvalue weighted by molar-refractivity contribution is 0.376. The molecule has 0 saturated carbocycles. The van der Waals surface area contributed by atoms with E-state index >= 15 is 0 Å². The van der Waals surface area contributed by atoms with Crippen LogP contribution >= 0.6 is 0 Å². The Labute approximate surface area is 138 Å². The van der Waals surface area contributed by atoms with E-state index in [4.69, 9.17) is 0 Å². The van der Waals surface area contributed by atoms with E-state index in [1.54, 1.807) is 11.1 Å². The van der Waals surface area contributed by atoms with Gasteiger partial charge in [0.1, 0.15) is 0 Å². The summed E-state index contributed by atoms with van der Waals surface area (Å²) in [7, 11) is 1.82. The number of aliphatic imine (C=N–C) groups is 1. The summed E-state index contributed by atoms with van der Waals surface area (Å²) in [6.45, 7) is 9.43. The van der Waals surface area contributed by atoms with Crippen molar-refractivity contribution in [3.8, 4) is 0 Å². The first-order valence-electron chi connectivity index (χ1n) is 8.62. The molecule has 0 heterocycles. The topological polar surface area (TPSA) is 12.4 Å². The monoisotopic (exact) mass is 298 g/mol. The van der Waals surface area contributed by atoms with Crippen LogP contribution in [0.2, 0.25) is 0 Å². The molecule has 0 fully saturated rings. The fourth-order valence-corrected chi connectivity index (χ4v) is 3.71. The third-order valence-electron chi connectivity index (χ3n) is 5.25. The molecule has 2 aliphatic rings. The smallest absolute Gasteiger partial charge is 0.297 e. The Balaban J connectivity index is 0.00000264. The lowest BCUT2D eigenvalue weighted by atomic mass is 9.72. The van der Waals surface area contributed by atoms with Gasteiger partial charge in [0.2, 0.25) is 0 Å². The highest BCUT2D eigenvalue weighted by molar-refractivity contribution is 5.73. The number of rotatable bonds is 4. The zero-order valence-electron chi connectivity index (χ0n) is 15.9. The second-order valence-electron chi connectivity index (χ2n) is 7.53. The van der Waals surface area contributed by atoms with E-state index in [9.17, 15) is 0 Å². The van der Waals surface area contributed by atoms with Crippen LogP contribution in [0, 0.1) is 17.3 Å². The zero-order valence-corrected chi connectivity index (χ0v) is 14.9. The standard InChI is InChI=1S/C21H31N/c1-16(19-10-9-18(15-19)12-14-22-5)8-11-20-17(2)7-6-13-21(20,3)4/h8-12,14,16,19H,6-7,13,15H2,1-5H3/p+1/b11-8+,18-12-,22-14?. The highest BCUT2D eigenvalue weighted by Gasteiger charge is 2.27. The Morgan fingerprint density at radius 1 is 1.41 bits per heavy atom. The fourth-order valence-electron chi connectivity index (χ4n) is 3.71. The lowest BCUT2D eigenvalue weighted by Crippen LogP contribution is -2.19. The normalized spacial score (nSPS) is 28.4. The van der Waals surface area contributed by atoms with Gasteiger partial charge in [-0.2, -0.15) is 0 Å². The Hall–Kier alpha value is -1.37. The van der Waals surface area contributed by atoms with E-state index in [0.717, 1.165) is 6.42 Å². The molecule has 0 aliphatic heterocycles.